The Morgan fingerprint density at radius 3 is 2.74 bits per heavy atom. The lowest BCUT2D eigenvalue weighted by atomic mass is 10.2. The maximum absolute atomic E-state index is 5.15. The second kappa shape index (κ2) is 5.96. The number of piperazine rings is 1. The minimum Gasteiger partial charge on any atom is -0.480 e. The first kappa shape index (κ1) is 14.1. The van der Waals surface area contributed by atoms with Crippen molar-refractivity contribution in [2.24, 2.45) is 0 Å². The van der Waals surface area contributed by atoms with Crippen LogP contribution in [-0.4, -0.2) is 53.2 Å². The molecule has 3 aromatic heterocycles. The smallest absolute Gasteiger partial charge is 0.233 e. The molecule has 0 amide bonds. The second-order valence-corrected chi connectivity index (χ2v) is 6.13. The van der Waals surface area contributed by atoms with Crippen molar-refractivity contribution >= 4 is 33.2 Å². The van der Waals surface area contributed by atoms with Gasteiger partial charge in [0, 0.05) is 26.2 Å². The van der Waals surface area contributed by atoms with Crippen LogP contribution in [0.15, 0.2) is 30.2 Å². The van der Waals surface area contributed by atoms with Gasteiger partial charge in [0.05, 0.1) is 24.9 Å². The number of hydrogen-bond acceptors (Lipinski definition) is 8. The minimum atomic E-state index is 0.542. The fraction of sp³-hybridized carbons (Fsp3) is 0.333. The van der Waals surface area contributed by atoms with Crippen LogP contribution in [0.2, 0.25) is 0 Å². The molecule has 0 saturated carbocycles. The Balaban J connectivity index is 1.51. The van der Waals surface area contributed by atoms with Gasteiger partial charge >= 0.3 is 0 Å². The van der Waals surface area contributed by atoms with Gasteiger partial charge in [-0.25, -0.2) is 9.97 Å². The molecule has 23 heavy (non-hydrogen) atoms. The van der Waals surface area contributed by atoms with Crippen LogP contribution in [0.3, 0.4) is 0 Å². The number of rotatable bonds is 3. The van der Waals surface area contributed by atoms with E-state index in [2.05, 4.69) is 41.2 Å². The molecule has 8 heteroatoms. The van der Waals surface area contributed by atoms with Crippen LogP contribution in [0.25, 0.3) is 10.2 Å². The zero-order chi connectivity index (χ0) is 15.6. The molecule has 7 nitrogen and oxygen atoms in total. The topological polar surface area (TPSA) is 67.3 Å². The third-order valence-corrected chi connectivity index (χ3v) is 4.77. The van der Waals surface area contributed by atoms with E-state index in [9.17, 15) is 0 Å². The van der Waals surface area contributed by atoms with Crippen LogP contribution < -0.4 is 14.5 Å². The van der Waals surface area contributed by atoms with Gasteiger partial charge in [-0.05, 0) is 11.4 Å². The van der Waals surface area contributed by atoms with E-state index in [1.807, 2.05) is 0 Å². The van der Waals surface area contributed by atoms with Crippen molar-refractivity contribution in [3.8, 4) is 5.88 Å². The molecule has 0 aliphatic carbocycles. The molecule has 118 valence electrons. The summed E-state index contributed by atoms with van der Waals surface area (Å²) >= 11 is 1.65. The van der Waals surface area contributed by atoms with Crippen LogP contribution in [-0.2, 0) is 0 Å². The van der Waals surface area contributed by atoms with E-state index >= 15 is 0 Å². The standard InChI is InChI=1S/C15H16N6OS/c1-22-13-9-16-8-12(19-13)20-3-5-21(6-4-20)14-11-2-7-23-15(11)18-10-17-14/h2,7-10H,3-6H2,1H3. The van der Waals surface area contributed by atoms with Crippen molar-refractivity contribution in [1.82, 2.24) is 19.9 Å². The lowest BCUT2D eigenvalue weighted by molar-refractivity contribution is 0.395. The molecule has 0 N–H and O–H groups in total. The zero-order valence-corrected chi connectivity index (χ0v) is 13.5. The summed E-state index contributed by atoms with van der Waals surface area (Å²) in [6, 6.07) is 2.09. The summed E-state index contributed by atoms with van der Waals surface area (Å²) < 4.78 is 5.15. The first-order chi connectivity index (χ1) is 11.3. The highest BCUT2D eigenvalue weighted by Crippen LogP contribution is 2.27. The first-order valence-corrected chi connectivity index (χ1v) is 8.27. The van der Waals surface area contributed by atoms with E-state index in [0.717, 1.165) is 48.0 Å². The number of hydrogen-bond donors (Lipinski definition) is 0. The third-order valence-electron chi connectivity index (χ3n) is 3.95. The predicted molar refractivity (Wildman–Crippen MR) is 90.4 cm³/mol. The van der Waals surface area contributed by atoms with Crippen LogP contribution in [0.4, 0.5) is 11.6 Å². The van der Waals surface area contributed by atoms with Gasteiger partial charge in [-0.3, -0.25) is 4.98 Å². The minimum absolute atomic E-state index is 0.542. The average molecular weight is 328 g/mol. The van der Waals surface area contributed by atoms with Gasteiger partial charge in [0.15, 0.2) is 5.82 Å². The average Bonchev–Trinajstić information content (AvgIpc) is 3.11. The van der Waals surface area contributed by atoms with E-state index in [1.54, 1.807) is 37.2 Å². The van der Waals surface area contributed by atoms with Crippen molar-refractivity contribution < 1.29 is 4.74 Å². The van der Waals surface area contributed by atoms with Crippen molar-refractivity contribution in [3.05, 3.63) is 30.2 Å². The summed E-state index contributed by atoms with van der Waals surface area (Å²) in [6.07, 6.45) is 5.04. The zero-order valence-electron chi connectivity index (χ0n) is 12.7. The van der Waals surface area contributed by atoms with E-state index in [1.165, 1.54) is 0 Å². The highest BCUT2D eigenvalue weighted by molar-refractivity contribution is 7.16. The van der Waals surface area contributed by atoms with Crippen molar-refractivity contribution in [2.75, 3.05) is 43.1 Å². The summed E-state index contributed by atoms with van der Waals surface area (Å²) in [6.45, 7) is 3.52. The van der Waals surface area contributed by atoms with Crippen LogP contribution >= 0.6 is 11.3 Å². The van der Waals surface area contributed by atoms with Crippen LogP contribution in [0.1, 0.15) is 0 Å². The number of aromatic nitrogens is 4. The van der Waals surface area contributed by atoms with Crippen LogP contribution in [0.5, 0.6) is 5.88 Å². The van der Waals surface area contributed by atoms with Gasteiger partial charge in [-0.1, -0.05) is 0 Å². The molecule has 0 radical (unpaired) electrons. The number of ether oxygens (including phenoxy) is 1. The summed E-state index contributed by atoms with van der Waals surface area (Å²) in [5.74, 6) is 2.42. The van der Waals surface area contributed by atoms with Crippen LogP contribution in [0, 0.1) is 0 Å². The molecule has 4 heterocycles. The molecule has 4 rings (SSSR count). The van der Waals surface area contributed by atoms with Crippen molar-refractivity contribution in [1.29, 1.82) is 0 Å². The quantitative estimate of drug-likeness (QED) is 0.726. The lowest BCUT2D eigenvalue weighted by Crippen LogP contribution is -2.47. The Bertz CT molecular complexity index is 814. The molecule has 0 unspecified atom stereocenters. The SMILES string of the molecule is COc1cncc(N2CCN(c3ncnc4sccc34)CC2)n1. The Morgan fingerprint density at radius 1 is 1.09 bits per heavy atom. The molecule has 3 aromatic rings. The number of methoxy groups -OCH3 is 1. The molecule has 0 spiro atoms. The maximum atomic E-state index is 5.15. The number of fused-ring (bicyclic) bond motifs is 1. The summed E-state index contributed by atoms with van der Waals surface area (Å²) in [5, 5.41) is 3.19. The molecule has 1 aliphatic rings. The lowest BCUT2D eigenvalue weighted by Gasteiger charge is -2.36. The largest absolute Gasteiger partial charge is 0.480 e. The predicted octanol–water partition coefficient (Wildman–Crippen LogP) is 1.82. The van der Waals surface area contributed by atoms with E-state index in [-0.39, 0.29) is 0 Å². The molecule has 1 aliphatic heterocycles. The Kier molecular flexibility index (Phi) is 3.66. The van der Waals surface area contributed by atoms with Crippen molar-refractivity contribution in [3.63, 3.8) is 0 Å². The first-order valence-electron chi connectivity index (χ1n) is 7.39. The molecule has 0 bridgehead atoms. The molecule has 0 atom stereocenters. The summed E-state index contributed by atoms with van der Waals surface area (Å²) in [5.41, 5.74) is 0. The normalized spacial score (nSPS) is 15.2. The summed E-state index contributed by atoms with van der Waals surface area (Å²) in [7, 11) is 1.60. The van der Waals surface area contributed by atoms with Gasteiger partial charge in [-0.15, -0.1) is 11.3 Å². The number of thiophene rings is 1. The molecule has 1 fully saturated rings. The number of nitrogens with zero attached hydrogens (tertiary/aromatic N) is 6. The Hall–Kier alpha value is -2.48. The van der Waals surface area contributed by atoms with Gasteiger partial charge in [-0.2, -0.15) is 4.98 Å². The van der Waals surface area contributed by atoms with Gasteiger partial charge in [0.1, 0.15) is 17.0 Å². The fourth-order valence-electron chi connectivity index (χ4n) is 2.77. The van der Waals surface area contributed by atoms with Gasteiger partial charge < -0.3 is 14.5 Å². The van der Waals surface area contributed by atoms with E-state index in [4.69, 9.17) is 4.74 Å². The van der Waals surface area contributed by atoms with Gasteiger partial charge in [0.2, 0.25) is 5.88 Å². The van der Waals surface area contributed by atoms with Crippen molar-refractivity contribution in [2.45, 2.75) is 0 Å². The molecular weight excluding hydrogens is 312 g/mol. The summed E-state index contributed by atoms with van der Waals surface area (Å²) in [4.78, 5) is 23.0. The van der Waals surface area contributed by atoms with E-state index in [0.29, 0.717) is 5.88 Å². The molecular formula is C15H16N6OS. The Morgan fingerprint density at radius 2 is 1.91 bits per heavy atom. The second-order valence-electron chi connectivity index (χ2n) is 5.23. The highest BCUT2D eigenvalue weighted by atomic mass is 32.1. The van der Waals surface area contributed by atoms with E-state index < -0.39 is 0 Å². The third kappa shape index (κ3) is 2.65. The molecule has 0 aromatic carbocycles. The molecule has 1 saturated heterocycles. The number of anilines is 2. The Labute approximate surface area is 137 Å². The highest BCUT2D eigenvalue weighted by Gasteiger charge is 2.21. The monoisotopic (exact) mass is 328 g/mol. The maximum Gasteiger partial charge on any atom is 0.233 e. The fourth-order valence-corrected chi connectivity index (χ4v) is 3.49. The van der Waals surface area contributed by atoms with Gasteiger partial charge in [0.25, 0.3) is 0 Å².